The molecule has 98 valence electrons. The van der Waals surface area contributed by atoms with Crippen LogP contribution in [-0.2, 0) is 0 Å². The molecule has 0 fully saturated rings. The van der Waals surface area contributed by atoms with Crippen molar-refractivity contribution in [3.63, 3.8) is 0 Å². The summed E-state index contributed by atoms with van der Waals surface area (Å²) in [5, 5.41) is 2.96. The van der Waals surface area contributed by atoms with Gasteiger partial charge in [0, 0.05) is 17.3 Å². The molecular weight excluding hydrogens is 267 g/mol. The molecule has 0 bridgehead atoms. The number of hydrogen-bond donors (Lipinski definition) is 1. The summed E-state index contributed by atoms with van der Waals surface area (Å²) in [5.41, 5.74) is 0.833. The Morgan fingerprint density at radius 3 is 2.79 bits per heavy atom. The number of benzene rings is 1. The van der Waals surface area contributed by atoms with Crippen molar-refractivity contribution in [1.82, 2.24) is 10.3 Å². The molecule has 1 heterocycles. The van der Waals surface area contributed by atoms with E-state index < -0.39 is 6.04 Å². The molecule has 0 aliphatic heterocycles. The van der Waals surface area contributed by atoms with E-state index in [4.69, 9.17) is 11.6 Å². The van der Waals surface area contributed by atoms with Crippen LogP contribution in [0.25, 0.3) is 0 Å². The summed E-state index contributed by atoms with van der Waals surface area (Å²) in [7, 11) is 0. The van der Waals surface area contributed by atoms with Crippen LogP contribution >= 0.6 is 11.6 Å². The normalized spacial score (nSPS) is 11.9. The predicted octanol–water partition coefficient (Wildman–Crippen LogP) is 3.37. The van der Waals surface area contributed by atoms with Gasteiger partial charge in [0.1, 0.15) is 11.0 Å². The molecule has 0 aliphatic carbocycles. The molecule has 1 amide bonds. The highest BCUT2D eigenvalue weighted by molar-refractivity contribution is 6.29. The quantitative estimate of drug-likeness (QED) is 0.875. The van der Waals surface area contributed by atoms with E-state index in [1.54, 1.807) is 31.2 Å². The number of carbonyl (C=O) groups is 1. The van der Waals surface area contributed by atoms with E-state index in [1.165, 1.54) is 18.3 Å². The van der Waals surface area contributed by atoms with E-state index in [9.17, 15) is 9.18 Å². The molecule has 0 saturated heterocycles. The summed E-state index contributed by atoms with van der Waals surface area (Å²) in [5.74, 6) is -0.664. The number of nitrogens with one attached hydrogen (secondary N) is 1. The first-order chi connectivity index (χ1) is 9.08. The number of pyridine rings is 1. The van der Waals surface area contributed by atoms with Gasteiger partial charge in [0.05, 0.1) is 6.04 Å². The summed E-state index contributed by atoms with van der Waals surface area (Å²) < 4.78 is 13.6. The van der Waals surface area contributed by atoms with Crippen LogP contribution in [0.3, 0.4) is 0 Å². The fraction of sp³-hybridized carbons (Fsp3) is 0.143. The minimum absolute atomic E-state index is 0.242. The molecule has 1 aromatic carbocycles. The van der Waals surface area contributed by atoms with Crippen LogP contribution in [-0.4, -0.2) is 10.9 Å². The van der Waals surface area contributed by atoms with Crippen LogP contribution < -0.4 is 5.32 Å². The SMILES string of the molecule is CC(NC(=O)c1ccnc(Cl)c1)c1ccccc1F. The highest BCUT2D eigenvalue weighted by atomic mass is 35.5. The fourth-order valence-electron chi connectivity index (χ4n) is 1.73. The molecule has 0 radical (unpaired) electrons. The lowest BCUT2D eigenvalue weighted by atomic mass is 10.1. The second-order valence-corrected chi connectivity index (χ2v) is 4.47. The Hall–Kier alpha value is -1.94. The first-order valence-electron chi connectivity index (χ1n) is 5.75. The Morgan fingerprint density at radius 1 is 1.37 bits per heavy atom. The maximum absolute atomic E-state index is 13.6. The maximum atomic E-state index is 13.6. The molecule has 0 saturated carbocycles. The fourth-order valence-corrected chi connectivity index (χ4v) is 1.90. The first-order valence-corrected chi connectivity index (χ1v) is 6.12. The average Bonchev–Trinajstić information content (AvgIpc) is 2.39. The van der Waals surface area contributed by atoms with E-state index in [-0.39, 0.29) is 16.9 Å². The van der Waals surface area contributed by atoms with Gasteiger partial charge >= 0.3 is 0 Å². The van der Waals surface area contributed by atoms with Crippen molar-refractivity contribution in [2.45, 2.75) is 13.0 Å². The standard InChI is InChI=1S/C14H12ClFN2O/c1-9(11-4-2-3-5-12(11)16)18-14(19)10-6-7-17-13(15)8-10/h2-9H,1H3,(H,18,19). The van der Waals surface area contributed by atoms with Crippen molar-refractivity contribution >= 4 is 17.5 Å². The number of aromatic nitrogens is 1. The van der Waals surface area contributed by atoms with Crippen molar-refractivity contribution in [1.29, 1.82) is 0 Å². The van der Waals surface area contributed by atoms with Crippen molar-refractivity contribution < 1.29 is 9.18 Å². The van der Waals surface area contributed by atoms with E-state index in [2.05, 4.69) is 10.3 Å². The summed E-state index contributed by atoms with van der Waals surface area (Å²) in [6, 6.07) is 8.92. The zero-order chi connectivity index (χ0) is 13.8. The molecule has 1 atom stereocenters. The third-order valence-corrected chi connectivity index (χ3v) is 2.91. The average molecular weight is 279 g/mol. The van der Waals surface area contributed by atoms with Crippen LogP contribution in [0.5, 0.6) is 0 Å². The van der Waals surface area contributed by atoms with Crippen molar-refractivity contribution in [2.24, 2.45) is 0 Å². The Balaban J connectivity index is 2.13. The van der Waals surface area contributed by atoms with Crippen molar-refractivity contribution in [3.8, 4) is 0 Å². The van der Waals surface area contributed by atoms with Crippen LogP contribution in [0.2, 0.25) is 5.15 Å². The van der Waals surface area contributed by atoms with Crippen molar-refractivity contribution in [3.05, 3.63) is 64.7 Å². The molecule has 5 heteroatoms. The number of hydrogen-bond acceptors (Lipinski definition) is 2. The third kappa shape index (κ3) is 3.29. The highest BCUT2D eigenvalue weighted by Gasteiger charge is 2.14. The van der Waals surface area contributed by atoms with Gasteiger partial charge < -0.3 is 5.32 Å². The van der Waals surface area contributed by atoms with E-state index >= 15 is 0 Å². The van der Waals surface area contributed by atoms with Gasteiger partial charge in [-0.3, -0.25) is 4.79 Å². The van der Waals surface area contributed by atoms with Crippen LogP contribution in [0, 0.1) is 5.82 Å². The highest BCUT2D eigenvalue weighted by Crippen LogP contribution is 2.17. The number of nitrogens with zero attached hydrogens (tertiary/aromatic N) is 1. The Morgan fingerprint density at radius 2 is 2.11 bits per heavy atom. The van der Waals surface area contributed by atoms with Gasteiger partial charge in [-0.1, -0.05) is 29.8 Å². The number of rotatable bonds is 3. The summed E-state index contributed by atoms with van der Waals surface area (Å²) in [6.07, 6.45) is 1.45. The Labute approximate surface area is 115 Å². The maximum Gasteiger partial charge on any atom is 0.251 e. The van der Waals surface area contributed by atoms with Crippen LogP contribution in [0.1, 0.15) is 28.9 Å². The van der Waals surface area contributed by atoms with Gasteiger partial charge in [-0.05, 0) is 25.1 Å². The Bertz CT molecular complexity index is 604. The van der Waals surface area contributed by atoms with Crippen molar-refractivity contribution in [2.75, 3.05) is 0 Å². The predicted molar refractivity (Wildman–Crippen MR) is 71.5 cm³/mol. The van der Waals surface area contributed by atoms with Gasteiger partial charge in [0.15, 0.2) is 0 Å². The third-order valence-electron chi connectivity index (χ3n) is 2.71. The number of carbonyl (C=O) groups excluding carboxylic acids is 1. The largest absolute Gasteiger partial charge is 0.345 e. The lowest BCUT2D eigenvalue weighted by molar-refractivity contribution is 0.0939. The summed E-state index contributed by atoms with van der Waals surface area (Å²) in [4.78, 5) is 15.8. The molecule has 3 nitrogen and oxygen atoms in total. The molecule has 19 heavy (non-hydrogen) atoms. The van der Waals surface area contributed by atoms with Gasteiger partial charge in [-0.2, -0.15) is 0 Å². The van der Waals surface area contributed by atoms with E-state index in [0.717, 1.165) is 0 Å². The zero-order valence-corrected chi connectivity index (χ0v) is 11.0. The van der Waals surface area contributed by atoms with E-state index in [0.29, 0.717) is 11.1 Å². The van der Waals surface area contributed by atoms with Crippen LogP contribution in [0.15, 0.2) is 42.6 Å². The molecule has 2 rings (SSSR count). The van der Waals surface area contributed by atoms with Gasteiger partial charge in [0.2, 0.25) is 0 Å². The second-order valence-electron chi connectivity index (χ2n) is 4.08. The molecule has 1 N–H and O–H groups in total. The smallest absolute Gasteiger partial charge is 0.251 e. The van der Waals surface area contributed by atoms with Crippen LogP contribution in [0.4, 0.5) is 4.39 Å². The summed E-state index contributed by atoms with van der Waals surface area (Å²) >= 11 is 5.72. The van der Waals surface area contributed by atoms with E-state index in [1.807, 2.05) is 0 Å². The second kappa shape index (κ2) is 5.80. The lowest BCUT2D eigenvalue weighted by Crippen LogP contribution is -2.27. The first kappa shape index (κ1) is 13.5. The van der Waals surface area contributed by atoms with Gasteiger partial charge in [-0.15, -0.1) is 0 Å². The Kier molecular flexibility index (Phi) is 4.12. The van der Waals surface area contributed by atoms with Gasteiger partial charge in [-0.25, -0.2) is 9.37 Å². The minimum atomic E-state index is -0.430. The monoisotopic (exact) mass is 278 g/mol. The lowest BCUT2D eigenvalue weighted by Gasteiger charge is -2.15. The number of amides is 1. The molecule has 1 unspecified atom stereocenters. The minimum Gasteiger partial charge on any atom is -0.345 e. The summed E-state index contributed by atoms with van der Waals surface area (Å²) in [6.45, 7) is 1.72. The van der Waals surface area contributed by atoms with Gasteiger partial charge in [0.25, 0.3) is 5.91 Å². The molecular formula is C14H12ClFN2O. The molecule has 1 aromatic heterocycles. The molecule has 0 spiro atoms. The number of halogens is 2. The molecule has 0 aliphatic rings. The molecule has 2 aromatic rings. The zero-order valence-electron chi connectivity index (χ0n) is 10.2. The topological polar surface area (TPSA) is 42.0 Å².